The standard InChI is InChI=1S/C13H18Cl2Si/c1-9(2)10(3)12-6-4-5-11(7-12)8-16-13(14)15/h4-7,10,13H,1,8,16H2,2-3H3. The van der Waals surface area contributed by atoms with Gasteiger partial charge in [-0.25, -0.2) is 0 Å². The summed E-state index contributed by atoms with van der Waals surface area (Å²) in [5, 5.41) is 0. The maximum absolute atomic E-state index is 5.79. The smallest absolute Gasteiger partial charge is 0.0911 e. The van der Waals surface area contributed by atoms with Gasteiger partial charge in [-0.2, -0.15) is 0 Å². The highest BCUT2D eigenvalue weighted by Crippen LogP contribution is 2.23. The monoisotopic (exact) mass is 272 g/mol. The minimum atomic E-state index is -0.404. The van der Waals surface area contributed by atoms with Gasteiger partial charge in [0.05, 0.1) is 14.0 Å². The fourth-order valence-corrected chi connectivity index (χ4v) is 3.10. The van der Waals surface area contributed by atoms with Crippen molar-refractivity contribution in [3.05, 3.63) is 47.5 Å². The van der Waals surface area contributed by atoms with E-state index >= 15 is 0 Å². The Kier molecular flexibility index (Phi) is 5.60. The molecule has 0 saturated carbocycles. The van der Waals surface area contributed by atoms with Gasteiger partial charge in [-0.3, -0.25) is 0 Å². The average Bonchev–Trinajstić information content (AvgIpc) is 2.25. The molecule has 0 aliphatic heterocycles. The van der Waals surface area contributed by atoms with Crippen molar-refractivity contribution in [2.45, 2.75) is 30.3 Å². The van der Waals surface area contributed by atoms with Crippen LogP contribution in [0.5, 0.6) is 0 Å². The van der Waals surface area contributed by atoms with Gasteiger partial charge in [-0.05, 0) is 18.5 Å². The van der Waals surface area contributed by atoms with E-state index in [2.05, 4.69) is 44.7 Å². The third-order valence-electron chi connectivity index (χ3n) is 2.84. The van der Waals surface area contributed by atoms with Crippen LogP contribution in [0.15, 0.2) is 36.4 Å². The quantitative estimate of drug-likeness (QED) is 0.435. The van der Waals surface area contributed by atoms with E-state index in [1.165, 1.54) is 16.7 Å². The summed E-state index contributed by atoms with van der Waals surface area (Å²) in [5.74, 6) is 0.421. The van der Waals surface area contributed by atoms with Gasteiger partial charge in [0, 0.05) is 5.92 Å². The number of alkyl halides is 2. The number of hydrogen-bond acceptors (Lipinski definition) is 0. The number of hydrogen-bond donors (Lipinski definition) is 0. The molecule has 0 radical (unpaired) electrons. The third-order valence-corrected chi connectivity index (χ3v) is 5.45. The molecule has 0 bridgehead atoms. The first kappa shape index (κ1) is 13.8. The molecular formula is C13H18Cl2Si. The lowest BCUT2D eigenvalue weighted by molar-refractivity contribution is 0.896. The first-order valence-corrected chi connectivity index (χ1v) is 8.22. The van der Waals surface area contributed by atoms with Crippen LogP contribution in [0.1, 0.15) is 30.9 Å². The Labute approximate surface area is 110 Å². The zero-order valence-corrected chi connectivity index (χ0v) is 12.8. The normalized spacial score (nSPS) is 13.6. The second kappa shape index (κ2) is 6.48. The molecule has 16 heavy (non-hydrogen) atoms. The molecule has 0 aliphatic carbocycles. The summed E-state index contributed by atoms with van der Waals surface area (Å²) in [6.45, 7) is 8.26. The van der Waals surface area contributed by atoms with Crippen LogP contribution < -0.4 is 0 Å². The van der Waals surface area contributed by atoms with Crippen LogP contribution in [0.4, 0.5) is 0 Å². The SMILES string of the molecule is C=C(C)C(C)c1cccc(C[SiH2]C(Cl)Cl)c1. The van der Waals surface area contributed by atoms with Crippen molar-refractivity contribution in [2.24, 2.45) is 0 Å². The summed E-state index contributed by atoms with van der Waals surface area (Å²) in [4.78, 5) is 0. The Balaban J connectivity index is 2.74. The van der Waals surface area contributed by atoms with E-state index in [1.54, 1.807) is 0 Å². The summed E-state index contributed by atoms with van der Waals surface area (Å²) < 4.78 is -0.137. The largest absolute Gasteiger partial charge is 0.110 e. The second-order valence-corrected chi connectivity index (χ2v) is 8.45. The van der Waals surface area contributed by atoms with Gasteiger partial charge < -0.3 is 0 Å². The molecule has 0 fully saturated rings. The predicted octanol–water partition coefficient (Wildman–Crippen LogP) is 3.80. The molecule has 1 aromatic carbocycles. The molecule has 0 aliphatic rings. The van der Waals surface area contributed by atoms with Gasteiger partial charge in [0.15, 0.2) is 0 Å². The first-order chi connectivity index (χ1) is 7.50. The van der Waals surface area contributed by atoms with E-state index in [0.717, 1.165) is 6.04 Å². The summed E-state index contributed by atoms with van der Waals surface area (Å²) in [6, 6.07) is 9.73. The molecule has 0 N–H and O–H groups in total. The van der Waals surface area contributed by atoms with Crippen molar-refractivity contribution in [2.75, 3.05) is 0 Å². The molecule has 1 atom stereocenters. The maximum Gasteiger partial charge on any atom is 0.0911 e. The Morgan fingerprint density at radius 1 is 1.44 bits per heavy atom. The van der Waals surface area contributed by atoms with Gasteiger partial charge >= 0.3 is 0 Å². The predicted molar refractivity (Wildman–Crippen MR) is 77.4 cm³/mol. The molecule has 0 aromatic heterocycles. The van der Waals surface area contributed by atoms with E-state index in [-0.39, 0.29) is 4.46 Å². The molecule has 1 rings (SSSR count). The van der Waals surface area contributed by atoms with Crippen LogP contribution in [0.3, 0.4) is 0 Å². The molecular weight excluding hydrogens is 255 g/mol. The van der Waals surface area contributed by atoms with Gasteiger partial charge in [0.25, 0.3) is 0 Å². The summed E-state index contributed by atoms with van der Waals surface area (Å²) in [7, 11) is -0.404. The zero-order chi connectivity index (χ0) is 12.1. The minimum Gasteiger partial charge on any atom is -0.110 e. The summed E-state index contributed by atoms with van der Waals surface area (Å²) in [6.07, 6.45) is 0. The molecule has 88 valence electrons. The molecule has 1 aromatic rings. The minimum absolute atomic E-state index is 0.137. The van der Waals surface area contributed by atoms with Crippen LogP contribution in [0.2, 0.25) is 0 Å². The molecule has 3 heteroatoms. The fraction of sp³-hybridized carbons (Fsp3) is 0.385. The maximum atomic E-state index is 5.79. The molecule has 0 amide bonds. The number of rotatable bonds is 5. The fourth-order valence-electron chi connectivity index (χ4n) is 1.58. The van der Waals surface area contributed by atoms with Crippen molar-refractivity contribution in [3.63, 3.8) is 0 Å². The molecule has 0 nitrogen and oxygen atoms in total. The van der Waals surface area contributed by atoms with Crippen LogP contribution >= 0.6 is 23.2 Å². The lowest BCUT2D eigenvalue weighted by atomic mass is 9.94. The van der Waals surface area contributed by atoms with E-state index in [1.807, 2.05) is 0 Å². The lowest BCUT2D eigenvalue weighted by Gasteiger charge is -2.13. The number of halogens is 2. The van der Waals surface area contributed by atoms with Crippen molar-refractivity contribution in [1.29, 1.82) is 0 Å². The molecule has 1 unspecified atom stereocenters. The summed E-state index contributed by atoms with van der Waals surface area (Å²) >= 11 is 11.6. The van der Waals surface area contributed by atoms with E-state index in [0.29, 0.717) is 5.92 Å². The third kappa shape index (κ3) is 4.32. The van der Waals surface area contributed by atoms with Gasteiger partial charge in [0.2, 0.25) is 0 Å². The van der Waals surface area contributed by atoms with Gasteiger partial charge in [0.1, 0.15) is 0 Å². The summed E-state index contributed by atoms with van der Waals surface area (Å²) in [5.41, 5.74) is 3.88. The van der Waals surface area contributed by atoms with Crippen molar-refractivity contribution in [1.82, 2.24) is 0 Å². The number of benzene rings is 1. The van der Waals surface area contributed by atoms with Gasteiger partial charge in [-0.15, -0.1) is 23.2 Å². The topological polar surface area (TPSA) is 0 Å². The van der Waals surface area contributed by atoms with Crippen molar-refractivity contribution >= 4 is 32.7 Å². The van der Waals surface area contributed by atoms with Gasteiger partial charge in [-0.1, -0.05) is 48.9 Å². The Morgan fingerprint density at radius 3 is 2.69 bits per heavy atom. The van der Waals surface area contributed by atoms with E-state index in [4.69, 9.17) is 23.2 Å². The highest BCUT2D eigenvalue weighted by Gasteiger charge is 2.07. The average molecular weight is 273 g/mol. The number of allylic oxidation sites excluding steroid dienone is 1. The van der Waals surface area contributed by atoms with Crippen LogP contribution in [-0.4, -0.2) is 14.0 Å². The highest BCUT2D eigenvalue weighted by molar-refractivity contribution is 6.68. The first-order valence-electron chi connectivity index (χ1n) is 5.53. The zero-order valence-electron chi connectivity index (χ0n) is 9.84. The van der Waals surface area contributed by atoms with Crippen LogP contribution in [0.25, 0.3) is 0 Å². The highest BCUT2D eigenvalue weighted by atomic mass is 35.5. The van der Waals surface area contributed by atoms with Crippen molar-refractivity contribution in [3.8, 4) is 0 Å². The Bertz CT molecular complexity index is 361. The lowest BCUT2D eigenvalue weighted by Crippen LogP contribution is -2.06. The molecule has 0 spiro atoms. The Morgan fingerprint density at radius 2 is 2.12 bits per heavy atom. The molecule has 0 saturated heterocycles. The Hall–Kier alpha value is -0.243. The second-order valence-electron chi connectivity index (χ2n) is 4.24. The van der Waals surface area contributed by atoms with Crippen LogP contribution in [0, 0.1) is 0 Å². The van der Waals surface area contributed by atoms with Crippen molar-refractivity contribution < 1.29 is 0 Å². The van der Waals surface area contributed by atoms with Crippen LogP contribution in [-0.2, 0) is 6.04 Å². The van der Waals surface area contributed by atoms with E-state index < -0.39 is 9.52 Å². The van der Waals surface area contributed by atoms with E-state index in [9.17, 15) is 0 Å². The molecule has 0 heterocycles.